The molecule has 0 aromatic heterocycles. The van der Waals surface area contributed by atoms with E-state index in [9.17, 15) is 13.2 Å². The molecule has 0 bridgehead atoms. The second-order valence-electron chi connectivity index (χ2n) is 4.02. The summed E-state index contributed by atoms with van der Waals surface area (Å²) in [6, 6.07) is 7.04. The minimum absolute atomic E-state index is 0.133. The van der Waals surface area contributed by atoms with Crippen molar-refractivity contribution in [3.05, 3.63) is 29.8 Å². The van der Waals surface area contributed by atoms with Crippen molar-refractivity contribution in [2.75, 3.05) is 11.1 Å². The van der Waals surface area contributed by atoms with Crippen molar-refractivity contribution in [2.24, 2.45) is 0 Å². The van der Waals surface area contributed by atoms with Gasteiger partial charge in [0, 0.05) is 19.2 Å². The van der Waals surface area contributed by atoms with Gasteiger partial charge in [0.1, 0.15) is 0 Å². The van der Waals surface area contributed by atoms with Crippen molar-refractivity contribution in [1.82, 2.24) is 4.72 Å². The van der Waals surface area contributed by atoms with Crippen LogP contribution in [-0.2, 0) is 21.4 Å². The molecule has 0 aliphatic heterocycles. The second kappa shape index (κ2) is 6.51. The highest BCUT2D eigenvalue weighted by molar-refractivity contribution is 7.89. The fourth-order valence-electron chi connectivity index (χ4n) is 1.44. The zero-order valence-corrected chi connectivity index (χ0v) is 11.4. The van der Waals surface area contributed by atoms with E-state index in [4.69, 9.17) is 0 Å². The summed E-state index contributed by atoms with van der Waals surface area (Å²) in [5.74, 6) is 0.00292. The van der Waals surface area contributed by atoms with Gasteiger partial charge in [-0.25, -0.2) is 13.1 Å². The van der Waals surface area contributed by atoms with Crippen molar-refractivity contribution >= 4 is 21.6 Å². The molecule has 0 aliphatic carbocycles. The van der Waals surface area contributed by atoms with Gasteiger partial charge in [-0.05, 0) is 24.1 Å². The van der Waals surface area contributed by atoms with Gasteiger partial charge in [-0.1, -0.05) is 19.1 Å². The van der Waals surface area contributed by atoms with Gasteiger partial charge in [0.05, 0.1) is 5.75 Å². The van der Waals surface area contributed by atoms with Crippen LogP contribution in [0.3, 0.4) is 0 Å². The maximum atomic E-state index is 11.4. The third-order valence-corrected chi connectivity index (χ3v) is 3.77. The van der Waals surface area contributed by atoms with Gasteiger partial charge < -0.3 is 5.32 Å². The molecule has 0 saturated carbocycles. The third-order valence-electron chi connectivity index (χ3n) is 2.24. The summed E-state index contributed by atoms with van der Waals surface area (Å²) in [5.41, 5.74) is 1.55. The molecule has 18 heavy (non-hydrogen) atoms. The van der Waals surface area contributed by atoms with Crippen LogP contribution in [0.2, 0.25) is 0 Å². The summed E-state index contributed by atoms with van der Waals surface area (Å²) in [6.07, 6.45) is 0.594. The molecule has 1 aromatic carbocycles. The molecule has 0 fully saturated rings. The predicted molar refractivity (Wildman–Crippen MR) is 71.7 cm³/mol. The summed E-state index contributed by atoms with van der Waals surface area (Å²) >= 11 is 0. The first-order chi connectivity index (χ1) is 8.43. The zero-order valence-electron chi connectivity index (χ0n) is 10.6. The van der Waals surface area contributed by atoms with Crippen LogP contribution in [0.15, 0.2) is 24.3 Å². The van der Waals surface area contributed by atoms with E-state index in [1.54, 1.807) is 24.3 Å². The largest absolute Gasteiger partial charge is 0.326 e. The quantitative estimate of drug-likeness (QED) is 0.822. The van der Waals surface area contributed by atoms with Gasteiger partial charge in [0.15, 0.2) is 0 Å². The van der Waals surface area contributed by atoms with Crippen LogP contribution in [0.25, 0.3) is 0 Å². The van der Waals surface area contributed by atoms with Crippen LogP contribution in [0.4, 0.5) is 5.69 Å². The van der Waals surface area contributed by atoms with E-state index in [0.717, 1.165) is 5.56 Å². The van der Waals surface area contributed by atoms with Crippen LogP contribution in [0.1, 0.15) is 25.8 Å². The number of carbonyl (C=O) groups excluding carboxylic acids is 1. The Bertz CT molecular complexity index is 495. The lowest BCUT2D eigenvalue weighted by Crippen LogP contribution is -2.25. The standard InChI is InChI=1S/C12H18N2O3S/c1-3-8-18(16,17)13-9-11-4-6-12(7-5-11)14-10(2)15/h4-7,13H,3,8-9H2,1-2H3,(H,14,15). The highest BCUT2D eigenvalue weighted by Gasteiger charge is 2.07. The van der Waals surface area contributed by atoms with E-state index >= 15 is 0 Å². The summed E-state index contributed by atoms with van der Waals surface area (Å²) < 4.78 is 25.4. The first-order valence-electron chi connectivity index (χ1n) is 5.77. The summed E-state index contributed by atoms with van der Waals surface area (Å²) in [4.78, 5) is 10.8. The molecule has 1 aromatic rings. The monoisotopic (exact) mass is 270 g/mol. The predicted octanol–water partition coefficient (Wildman–Crippen LogP) is 1.47. The number of nitrogens with one attached hydrogen (secondary N) is 2. The molecular formula is C12H18N2O3S. The lowest BCUT2D eigenvalue weighted by atomic mass is 10.2. The van der Waals surface area contributed by atoms with E-state index in [1.807, 2.05) is 6.92 Å². The number of hydrogen-bond donors (Lipinski definition) is 2. The number of benzene rings is 1. The van der Waals surface area contributed by atoms with Gasteiger partial charge in [0.2, 0.25) is 15.9 Å². The number of anilines is 1. The lowest BCUT2D eigenvalue weighted by molar-refractivity contribution is -0.114. The molecular weight excluding hydrogens is 252 g/mol. The third kappa shape index (κ3) is 5.29. The fourth-order valence-corrected chi connectivity index (χ4v) is 2.51. The molecule has 2 N–H and O–H groups in total. The van der Waals surface area contributed by atoms with Crippen molar-refractivity contribution in [1.29, 1.82) is 0 Å². The van der Waals surface area contributed by atoms with Crippen molar-refractivity contribution < 1.29 is 13.2 Å². The maximum absolute atomic E-state index is 11.4. The molecule has 0 saturated heterocycles. The van der Waals surface area contributed by atoms with Crippen molar-refractivity contribution in [3.8, 4) is 0 Å². The topological polar surface area (TPSA) is 75.3 Å². The first kappa shape index (κ1) is 14.7. The molecule has 0 atom stereocenters. The molecule has 0 unspecified atom stereocenters. The van der Waals surface area contributed by atoms with Crippen LogP contribution in [0.5, 0.6) is 0 Å². The van der Waals surface area contributed by atoms with E-state index in [-0.39, 0.29) is 18.2 Å². The number of hydrogen-bond acceptors (Lipinski definition) is 3. The Kier molecular flexibility index (Phi) is 5.30. The summed E-state index contributed by atoms with van der Waals surface area (Å²) in [6.45, 7) is 3.52. The number of sulfonamides is 1. The van der Waals surface area contributed by atoms with E-state index < -0.39 is 10.0 Å². The van der Waals surface area contributed by atoms with Crippen LogP contribution in [-0.4, -0.2) is 20.1 Å². The van der Waals surface area contributed by atoms with Gasteiger partial charge in [-0.15, -0.1) is 0 Å². The van der Waals surface area contributed by atoms with E-state index in [1.165, 1.54) is 6.92 Å². The van der Waals surface area contributed by atoms with Crippen molar-refractivity contribution in [3.63, 3.8) is 0 Å². The Balaban J connectivity index is 2.56. The average Bonchev–Trinajstić information content (AvgIpc) is 2.27. The minimum atomic E-state index is -3.18. The molecule has 0 aliphatic rings. The highest BCUT2D eigenvalue weighted by Crippen LogP contribution is 2.09. The summed E-state index contributed by atoms with van der Waals surface area (Å²) in [7, 11) is -3.18. The van der Waals surface area contributed by atoms with Crippen LogP contribution >= 0.6 is 0 Å². The minimum Gasteiger partial charge on any atom is -0.326 e. The van der Waals surface area contributed by atoms with Gasteiger partial charge in [-0.3, -0.25) is 4.79 Å². The Morgan fingerprint density at radius 3 is 2.33 bits per heavy atom. The molecule has 100 valence electrons. The van der Waals surface area contributed by atoms with E-state index in [2.05, 4.69) is 10.0 Å². The van der Waals surface area contributed by atoms with E-state index in [0.29, 0.717) is 12.1 Å². The molecule has 6 heteroatoms. The summed E-state index contributed by atoms with van der Waals surface area (Å²) in [5, 5.41) is 2.65. The maximum Gasteiger partial charge on any atom is 0.221 e. The number of amides is 1. The van der Waals surface area contributed by atoms with Gasteiger partial charge in [0.25, 0.3) is 0 Å². The molecule has 1 amide bonds. The Morgan fingerprint density at radius 1 is 1.22 bits per heavy atom. The smallest absolute Gasteiger partial charge is 0.221 e. The molecule has 0 spiro atoms. The Morgan fingerprint density at radius 2 is 1.83 bits per heavy atom. The molecule has 0 heterocycles. The molecule has 0 radical (unpaired) electrons. The van der Waals surface area contributed by atoms with Crippen LogP contribution in [0, 0.1) is 0 Å². The van der Waals surface area contributed by atoms with Gasteiger partial charge >= 0.3 is 0 Å². The van der Waals surface area contributed by atoms with Crippen LogP contribution < -0.4 is 10.0 Å². The Labute approximate surface area is 108 Å². The normalized spacial score (nSPS) is 11.2. The number of rotatable bonds is 6. The Hall–Kier alpha value is -1.40. The zero-order chi connectivity index (χ0) is 13.6. The molecule has 1 rings (SSSR count). The van der Waals surface area contributed by atoms with Crippen molar-refractivity contribution in [2.45, 2.75) is 26.8 Å². The fraction of sp³-hybridized carbons (Fsp3) is 0.417. The number of carbonyl (C=O) groups is 1. The SMILES string of the molecule is CCCS(=O)(=O)NCc1ccc(NC(C)=O)cc1. The molecule has 5 nitrogen and oxygen atoms in total. The lowest BCUT2D eigenvalue weighted by Gasteiger charge is -2.07. The highest BCUT2D eigenvalue weighted by atomic mass is 32.2. The van der Waals surface area contributed by atoms with Gasteiger partial charge in [-0.2, -0.15) is 0 Å². The second-order valence-corrected chi connectivity index (χ2v) is 5.94. The average molecular weight is 270 g/mol. The first-order valence-corrected chi connectivity index (χ1v) is 7.42.